The Morgan fingerprint density at radius 3 is 2.67 bits per heavy atom. The maximum atomic E-state index is 12.3. The van der Waals surface area contributed by atoms with Crippen LogP contribution in [0.3, 0.4) is 0 Å². The molecule has 1 heterocycles. The van der Waals surface area contributed by atoms with Gasteiger partial charge in [0, 0.05) is 31.7 Å². The zero-order chi connectivity index (χ0) is 19.1. The number of nitrogens with one attached hydrogen (secondary N) is 1. The number of amides is 1. The third-order valence-electron chi connectivity index (χ3n) is 4.38. The molecule has 27 heavy (non-hydrogen) atoms. The molecule has 0 aliphatic heterocycles. The molecule has 0 unspecified atom stereocenters. The molecule has 142 valence electrons. The highest BCUT2D eigenvalue weighted by Gasteiger charge is 2.11. The number of para-hydroxylation sites is 2. The first kappa shape index (κ1) is 18.9. The lowest BCUT2D eigenvalue weighted by Crippen LogP contribution is -2.26. The van der Waals surface area contributed by atoms with Crippen molar-refractivity contribution >= 4 is 16.9 Å². The van der Waals surface area contributed by atoms with E-state index >= 15 is 0 Å². The fourth-order valence-corrected chi connectivity index (χ4v) is 3.00. The second-order valence-corrected chi connectivity index (χ2v) is 6.10. The number of benzene rings is 2. The van der Waals surface area contributed by atoms with Crippen LogP contribution < -0.4 is 10.1 Å². The van der Waals surface area contributed by atoms with Crippen molar-refractivity contribution in [2.45, 2.75) is 19.9 Å². The van der Waals surface area contributed by atoms with E-state index in [4.69, 9.17) is 14.5 Å². The van der Waals surface area contributed by atoms with Gasteiger partial charge in [-0.25, -0.2) is 4.98 Å². The number of rotatable bonds is 9. The van der Waals surface area contributed by atoms with Crippen LogP contribution in [0.15, 0.2) is 48.5 Å². The van der Waals surface area contributed by atoms with Gasteiger partial charge >= 0.3 is 0 Å². The number of carbonyl (C=O) groups excluding carboxylic acids is 1. The molecular formula is C21H25N3O3. The van der Waals surface area contributed by atoms with Gasteiger partial charge in [-0.05, 0) is 43.3 Å². The first-order chi connectivity index (χ1) is 13.2. The number of fused-ring (bicyclic) bond motifs is 1. The van der Waals surface area contributed by atoms with Crippen LogP contribution in [0, 0.1) is 0 Å². The summed E-state index contributed by atoms with van der Waals surface area (Å²) in [6.45, 7) is 4.59. The Hall–Kier alpha value is -2.86. The lowest BCUT2D eigenvalue weighted by molar-refractivity contribution is 0.0953. The van der Waals surface area contributed by atoms with E-state index in [1.54, 1.807) is 31.4 Å². The summed E-state index contributed by atoms with van der Waals surface area (Å²) in [6, 6.07) is 15.1. The predicted octanol–water partition coefficient (Wildman–Crippen LogP) is 3.05. The Labute approximate surface area is 159 Å². The minimum Gasteiger partial charge on any atom is -0.497 e. The minimum absolute atomic E-state index is 0.102. The van der Waals surface area contributed by atoms with Crippen LogP contribution in [0.2, 0.25) is 0 Å². The molecule has 0 aliphatic rings. The Morgan fingerprint density at radius 2 is 1.93 bits per heavy atom. The van der Waals surface area contributed by atoms with Crippen LogP contribution in [0.1, 0.15) is 23.1 Å². The molecule has 0 spiro atoms. The molecule has 0 fully saturated rings. The van der Waals surface area contributed by atoms with E-state index in [1.807, 2.05) is 25.1 Å². The molecule has 1 aromatic heterocycles. The van der Waals surface area contributed by atoms with Crippen molar-refractivity contribution in [2.75, 3.05) is 26.9 Å². The Balaban J connectivity index is 1.65. The largest absolute Gasteiger partial charge is 0.497 e. The smallest absolute Gasteiger partial charge is 0.251 e. The van der Waals surface area contributed by atoms with Crippen LogP contribution in [0.5, 0.6) is 5.75 Å². The number of hydrogen-bond acceptors (Lipinski definition) is 4. The molecule has 1 N–H and O–H groups in total. The summed E-state index contributed by atoms with van der Waals surface area (Å²) in [5.74, 6) is 1.58. The normalized spacial score (nSPS) is 10.9. The lowest BCUT2D eigenvalue weighted by atomic mass is 10.2. The summed E-state index contributed by atoms with van der Waals surface area (Å²) >= 11 is 0. The molecule has 0 aliphatic carbocycles. The standard InChI is InChI=1S/C21H25N3O3/c1-3-27-15-14-24-19-7-5-4-6-18(19)23-20(24)12-13-22-21(25)16-8-10-17(26-2)11-9-16/h4-11H,3,12-15H2,1-2H3,(H,22,25). The number of nitrogens with zero attached hydrogens (tertiary/aromatic N) is 2. The van der Waals surface area contributed by atoms with E-state index in [2.05, 4.69) is 16.0 Å². The van der Waals surface area contributed by atoms with Gasteiger partial charge in [0.25, 0.3) is 5.91 Å². The number of aromatic nitrogens is 2. The molecule has 2 aromatic carbocycles. The first-order valence-electron chi connectivity index (χ1n) is 9.17. The highest BCUT2D eigenvalue weighted by Crippen LogP contribution is 2.16. The quantitative estimate of drug-likeness (QED) is 0.591. The SMILES string of the molecule is CCOCCn1c(CCNC(=O)c2ccc(OC)cc2)nc2ccccc21. The van der Waals surface area contributed by atoms with E-state index in [-0.39, 0.29) is 5.91 Å². The Morgan fingerprint density at radius 1 is 1.15 bits per heavy atom. The maximum Gasteiger partial charge on any atom is 0.251 e. The summed E-state index contributed by atoms with van der Waals surface area (Å²) in [6.07, 6.45) is 0.655. The summed E-state index contributed by atoms with van der Waals surface area (Å²) in [5, 5.41) is 2.96. The average molecular weight is 367 g/mol. The third kappa shape index (κ3) is 4.65. The fraction of sp³-hybridized carbons (Fsp3) is 0.333. The van der Waals surface area contributed by atoms with Gasteiger partial charge < -0.3 is 19.4 Å². The van der Waals surface area contributed by atoms with Gasteiger partial charge in [-0.3, -0.25) is 4.79 Å². The Bertz CT molecular complexity index is 887. The highest BCUT2D eigenvalue weighted by atomic mass is 16.5. The van der Waals surface area contributed by atoms with E-state index in [9.17, 15) is 4.79 Å². The molecule has 1 amide bonds. The molecule has 3 aromatic rings. The van der Waals surface area contributed by atoms with Crippen molar-refractivity contribution in [3.8, 4) is 5.75 Å². The minimum atomic E-state index is -0.102. The molecule has 3 rings (SSSR count). The average Bonchev–Trinajstić information content (AvgIpc) is 3.06. The third-order valence-corrected chi connectivity index (χ3v) is 4.38. The molecule has 0 saturated heterocycles. The monoisotopic (exact) mass is 367 g/mol. The van der Waals surface area contributed by atoms with Gasteiger partial charge in [-0.2, -0.15) is 0 Å². The van der Waals surface area contributed by atoms with E-state index < -0.39 is 0 Å². The molecule has 6 nitrogen and oxygen atoms in total. The van der Waals surface area contributed by atoms with Crippen molar-refractivity contribution in [2.24, 2.45) is 0 Å². The van der Waals surface area contributed by atoms with E-state index in [0.29, 0.717) is 31.7 Å². The summed E-state index contributed by atoms with van der Waals surface area (Å²) in [7, 11) is 1.60. The van der Waals surface area contributed by atoms with Crippen LogP contribution in [0.4, 0.5) is 0 Å². The molecular weight excluding hydrogens is 342 g/mol. The van der Waals surface area contributed by atoms with Crippen LogP contribution >= 0.6 is 0 Å². The van der Waals surface area contributed by atoms with Gasteiger partial charge in [0.15, 0.2) is 0 Å². The number of carbonyl (C=O) groups is 1. The summed E-state index contributed by atoms with van der Waals surface area (Å²) < 4.78 is 12.8. The fourth-order valence-electron chi connectivity index (χ4n) is 3.00. The summed E-state index contributed by atoms with van der Waals surface area (Å²) in [4.78, 5) is 17.0. The lowest BCUT2D eigenvalue weighted by Gasteiger charge is -2.10. The second-order valence-electron chi connectivity index (χ2n) is 6.10. The van der Waals surface area contributed by atoms with E-state index in [0.717, 1.165) is 29.2 Å². The molecule has 6 heteroatoms. The second kappa shape index (κ2) is 9.19. The van der Waals surface area contributed by atoms with Crippen molar-refractivity contribution in [3.63, 3.8) is 0 Å². The van der Waals surface area contributed by atoms with E-state index in [1.165, 1.54) is 0 Å². The number of imidazole rings is 1. The molecule has 0 saturated carbocycles. The number of methoxy groups -OCH3 is 1. The van der Waals surface area contributed by atoms with Crippen molar-refractivity contribution in [1.82, 2.24) is 14.9 Å². The zero-order valence-corrected chi connectivity index (χ0v) is 15.8. The van der Waals surface area contributed by atoms with Crippen molar-refractivity contribution in [3.05, 3.63) is 59.9 Å². The van der Waals surface area contributed by atoms with Crippen LogP contribution in [0.25, 0.3) is 11.0 Å². The van der Waals surface area contributed by atoms with Crippen LogP contribution in [-0.2, 0) is 17.7 Å². The van der Waals surface area contributed by atoms with Crippen molar-refractivity contribution in [1.29, 1.82) is 0 Å². The van der Waals surface area contributed by atoms with Gasteiger partial charge in [0.2, 0.25) is 0 Å². The number of hydrogen-bond donors (Lipinski definition) is 1. The van der Waals surface area contributed by atoms with Crippen molar-refractivity contribution < 1.29 is 14.3 Å². The van der Waals surface area contributed by atoms with Gasteiger partial charge in [0.1, 0.15) is 11.6 Å². The van der Waals surface area contributed by atoms with Crippen LogP contribution in [-0.4, -0.2) is 42.3 Å². The molecule has 0 bridgehead atoms. The zero-order valence-electron chi connectivity index (χ0n) is 15.8. The van der Waals surface area contributed by atoms with Gasteiger partial charge in [-0.1, -0.05) is 12.1 Å². The highest BCUT2D eigenvalue weighted by molar-refractivity contribution is 5.94. The Kier molecular flexibility index (Phi) is 6.44. The number of ether oxygens (including phenoxy) is 2. The van der Waals surface area contributed by atoms with Gasteiger partial charge in [0.05, 0.1) is 24.8 Å². The molecule has 0 radical (unpaired) electrons. The summed E-state index contributed by atoms with van der Waals surface area (Å²) in [5.41, 5.74) is 2.67. The van der Waals surface area contributed by atoms with Gasteiger partial charge in [-0.15, -0.1) is 0 Å². The first-order valence-corrected chi connectivity index (χ1v) is 9.17. The predicted molar refractivity (Wildman–Crippen MR) is 105 cm³/mol. The molecule has 0 atom stereocenters. The topological polar surface area (TPSA) is 65.4 Å². The maximum absolute atomic E-state index is 12.3.